The van der Waals surface area contributed by atoms with Crippen molar-refractivity contribution in [3.63, 3.8) is 0 Å². The number of aromatic nitrogens is 2. The molecule has 112 valence electrons. The van der Waals surface area contributed by atoms with Crippen LogP contribution in [0.3, 0.4) is 0 Å². The van der Waals surface area contributed by atoms with E-state index in [1.807, 2.05) is 32.3 Å². The van der Waals surface area contributed by atoms with Crippen LogP contribution in [0.2, 0.25) is 0 Å². The summed E-state index contributed by atoms with van der Waals surface area (Å²) in [4.78, 5) is 19.2. The zero-order chi connectivity index (χ0) is 14.8. The maximum absolute atomic E-state index is 11.6. The molecule has 5 nitrogen and oxygen atoms in total. The second kappa shape index (κ2) is 5.76. The van der Waals surface area contributed by atoms with Gasteiger partial charge in [0.2, 0.25) is 0 Å². The molecule has 0 aliphatic heterocycles. The molecule has 0 saturated heterocycles. The summed E-state index contributed by atoms with van der Waals surface area (Å²) in [5, 5.41) is 3.90. The van der Waals surface area contributed by atoms with Crippen LogP contribution in [0.1, 0.15) is 44.6 Å². The average molecular weight is 287 g/mol. The van der Waals surface area contributed by atoms with Crippen LogP contribution in [0, 0.1) is 0 Å². The first-order chi connectivity index (χ1) is 10.1. The van der Waals surface area contributed by atoms with E-state index in [1.165, 1.54) is 5.56 Å². The number of carbonyl (C=O) groups excluding carboxylic acids is 1. The van der Waals surface area contributed by atoms with Gasteiger partial charge in [0.05, 0.1) is 0 Å². The molecule has 1 fully saturated rings. The van der Waals surface area contributed by atoms with Gasteiger partial charge in [-0.3, -0.25) is 0 Å². The molecule has 2 aromatic heterocycles. The lowest BCUT2D eigenvalue weighted by Gasteiger charge is -2.15. The molecule has 2 heterocycles. The Morgan fingerprint density at radius 1 is 1.48 bits per heavy atom. The average Bonchev–Trinajstić information content (AvgIpc) is 3.04. The Balaban J connectivity index is 1.62. The number of rotatable bonds is 3. The van der Waals surface area contributed by atoms with Crippen LogP contribution in [0.25, 0.3) is 11.0 Å². The van der Waals surface area contributed by atoms with Crippen LogP contribution in [0.5, 0.6) is 0 Å². The zero-order valence-electron chi connectivity index (χ0n) is 12.4. The summed E-state index contributed by atoms with van der Waals surface area (Å²) in [6.07, 6.45) is 6.37. The summed E-state index contributed by atoms with van der Waals surface area (Å²) < 4.78 is 5.47. The first-order valence-electron chi connectivity index (χ1n) is 7.52. The van der Waals surface area contributed by atoms with E-state index >= 15 is 0 Å². The van der Waals surface area contributed by atoms with Gasteiger partial charge in [-0.05, 0) is 56.7 Å². The third kappa shape index (κ3) is 3.17. The van der Waals surface area contributed by atoms with E-state index in [2.05, 4.69) is 21.4 Å². The predicted molar refractivity (Wildman–Crippen MR) is 81.2 cm³/mol. The highest BCUT2D eigenvalue weighted by molar-refractivity contribution is 5.75. The summed E-state index contributed by atoms with van der Waals surface area (Å²) in [6.45, 7) is 3.85. The molecule has 2 aromatic rings. The number of fused-ring (bicyclic) bond motifs is 1. The predicted octanol–water partition coefficient (Wildman–Crippen LogP) is 3.33. The smallest absolute Gasteiger partial charge is 0.407 e. The van der Waals surface area contributed by atoms with Crippen molar-refractivity contribution in [3.05, 3.63) is 30.1 Å². The van der Waals surface area contributed by atoms with Gasteiger partial charge in [0.1, 0.15) is 11.8 Å². The number of ether oxygens (including phenoxy) is 1. The number of hydrogen-bond acceptors (Lipinski definition) is 3. The van der Waals surface area contributed by atoms with E-state index in [4.69, 9.17) is 4.74 Å². The van der Waals surface area contributed by atoms with E-state index in [1.54, 1.807) is 0 Å². The van der Waals surface area contributed by atoms with Crippen molar-refractivity contribution in [2.24, 2.45) is 0 Å². The van der Waals surface area contributed by atoms with Crippen molar-refractivity contribution in [3.8, 4) is 0 Å². The van der Waals surface area contributed by atoms with E-state index in [0.717, 1.165) is 30.3 Å². The molecular formula is C16H21N3O2. The maximum atomic E-state index is 11.6. The van der Waals surface area contributed by atoms with Gasteiger partial charge in [-0.1, -0.05) is 0 Å². The molecule has 2 N–H and O–H groups in total. The quantitative estimate of drug-likeness (QED) is 0.910. The largest absolute Gasteiger partial charge is 0.446 e. The fourth-order valence-electron chi connectivity index (χ4n) is 2.95. The molecule has 1 saturated carbocycles. The summed E-state index contributed by atoms with van der Waals surface area (Å²) >= 11 is 0. The molecular weight excluding hydrogens is 266 g/mol. The monoisotopic (exact) mass is 287 g/mol. The minimum atomic E-state index is -0.310. The summed E-state index contributed by atoms with van der Waals surface area (Å²) in [6, 6.07) is 4.32. The van der Waals surface area contributed by atoms with Gasteiger partial charge in [-0.2, -0.15) is 0 Å². The molecule has 2 unspecified atom stereocenters. The first-order valence-corrected chi connectivity index (χ1v) is 7.52. The second-order valence-electron chi connectivity index (χ2n) is 6.02. The number of hydrogen-bond donors (Lipinski definition) is 2. The van der Waals surface area contributed by atoms with Crippen LogP contribution in [-0.2, 0) is 4.74 Å². The second-order valence-corrected chi connectivity index (χ2v) is 6.02. The number of H-pyrrole nitrogens is 1. The lowest BCUT2D eigenvalue weighted by molar-refractivity contribution is 0.0982. The van der Waals surface area contributed by atoms with Crippen LogP contribution in [0.4, 0.5) is 4.79 Å². The summed E-state index contributed by atoms with van der Waals surface area (Å²) in [7, 11) is 0. The molecule has 3 rings (SSSR count). The van der Waals surface area contributed by atoms with E-state index < -0.39 is 0 Å². The number of nitrogens with zero attached hydrogens (tertiary/aromatic N) is 1. The fraction of sp³-hybridized carbons (Fsp3) is 0.500. The molecule has 5 heteroatoms. The third-order valence-electron chi connectivity index (χ3n) is 3.96. The van der Waals surface area contributed by atoms with Gasteiger partial charge >= 0.3 is 6.09 Å². The van der Waals surface area contributed by atoms with Gasteiger partial charge in [0, 0.05) is 23.8 Å². The number of amides is 1. The van der Waals surface area contributed by atoms with Crippen molar-refractivity contribution in [2.45, 2.75) is 51.2 Å². The maximum Gasteiger partial charge on any atom is 0.407 e. The molecule has 21 heavy (non-hydrogen) atoms. The summed E-state index contributed by atoms with van der Waals surface area (Å²) in [5.41, 5.74) is 2.15. The minimum absolute atomic E-state index is 0.00988. The Morgan fingerprint density at radius 2 is 2.33 bits per heavy atom. The highest BCUT2D eigenvalue weighted by Gasteiger charge is 2.29. The molecule has 1 aliphatic rings. The standard InChI is InChI=1S/C16H21N3O2/c1-10(2)19-16(20)21-14-4-3-11(8-14)13-7-12-5-6-17-15(12)18-9-13/h5-7,9-11,14H,3-4,8H2,1-2H3,(H,17,18)(H,19,20). The van der Waals surface area contributed by atoms with E-state index in [-0.39, 0.29) is 18.2 Å². The van der Waals surface area contributed by atoms with E-state index in [0.29, 0.717) is 5.92 Å². The SMILES string of the molecule is CC(C)NC(=O)OC1CCC(c2cnc3[nH]ccc3c2)C1. The molecule has 0 spiro atoms. The van der Waals surface area contributed by atoms with Gasteiger partial charge in [-0.25, -0.2) is 9.78 Å². The minimum Gasteiger partial charge on any atom is -0.446 e. The lowest BCUT2D eigenvalue weighted by atomic mass is 9.99. The van der Waals surface area contributed by atoms with Crippen LogP contribution < -0.4 is 5.32 Å². The Labute approximate surface area is 124 Å². The number of aromatic amines is 1. The van der Waals surface area contributed by atoms with Crippen molar-refractivity contribution < 1.29 is 9.53 Å². The Hall–Kier alpha value is -2.04. The molecule has 0 bridgehead atoms. The number of carbonyl (C=O) groups is 1. The van der Waals surface area contributed by atoms with Crippen molar-refractivity contribution in [2.75, 3.05) is 0 Å². The van der Waals surface area contributed by atoms with E-state index in [9.17, 15) is 4.79 Å². The van der Waals surface area contributed by atoms with Crippen LogP contribution in [0.15, 0.2) is 24.5 Å². The van der Waals surface area contributed by atoms with Gasteiger partial charge in [-0.15, -0.1) is 0 Å². The van der Waals surface area contributed by atoms with Crippen molar-refractivity contribution in [1.29, 1.82) is 0 Å². The molecule has 0 aromatic carbocycles. The molecule has 1 aliphatic carbocycles. The van der Waals surface area contributed by atoms with Crippen LogP contribution in [-0.4, -0.2) is 28.2 Å². The molecule has 1 amide bonds. The van der Waals surface area contributed by atoms with Crippen molar-refractivity contribution >= 4 is 17.1 Å². The zero-order valence-corrected chi connectivity index (χ0v) is 12.4. The van der Waals surface area contributed by atoms with Crippen LogP contribution >= 0.6 is 0 Å². The Kier molecular flexibility index (Phi) is 3.82. The number of pyridine rings is 1. The summed E-state index contributed by atoms with van der Waals surface area (Å²) in [5.74, 6) is 0.425. The van der Waals surface area contributed by atoms with Gasteiger partial charge in [0.25, 0.3) is 0 Å². The first kappa shape index (κ1) is 13.9. The topological polar surface area (TPSA) is 67.0 Å². The van der Waals surface area contributed by atoms with Gasteiger partial charge in [0.15, 0.2) is 0 Å². The Morgan fingerprint density at radius 3 is 3.14 bits per heavy atom. The number of alkyl carbamates (subject to hydrolysis) is 1. The molecule has 0 radical (unpaired) electrons. The highest BCUT2D eigenvalue weighted by Crippen LogP contribution is 2.36. The van der Waals surface area contributed by atoms with Crippen molar-refractivity contribution in [1.82, 2.24) is 15.3 Å². The number of nitrogens with one attached hydrogen (secondary N) is 2. The Bertz CT molecular complexity index is 635. The van der Waals surface area contributed by atoms with Gasteiger partial charge < -0.3 is 15.0 Å². The normalized spacial score (nSPS) is 21.9. The molecule has 2 atom stereocenters. The fourth-order valence-corrected chi connectivity index (χ4v) is 2.95. The lowest BCUT2D eigenvalue weighted by Crippen LogP contribution is -2.33. The third-order valence-corrected chi connectivity index (χ3v) is 3.96. The highest BCUT2D eigenvalue weighted by atomic mass is 16.6.